The average Bonchev–Trinajstić information content (AvgIpc) is 2.70. The monoisotopic (exact) mass is 437 g/mol. The lowest BCUT2D eigenvalue weighted by Crippen LogP contribution is -2.33. The molecule has 1 aliphatic carbocycles. The van der Waals surface area contributed by atoms with E-state index in [1.807, 2.05) is 48.5 Å². The maximum atomic E-state index is 12.5. The Morgan fingerprint density at radius 3 is 2.34 bits per heavy atom. The third kappa shape index (κ3) is 7.63. The number of nitrogens with one attached hydrogen (secondary N) is 1. The number of nitrogens with zero attached hydrogens (tertiary/aromatic N) is 1. The predicted octanol–water partition coefficient (Wildman–Crippen LogP) is 5.32. The van der Waals surface area contributed by atoms with Gasteiger partial charge in [-0.05, 0) is 37.1 Å². The van der Waals surface area contributed by atoms with Crippen LogP contribution in [0.15, 0.2) is 54.6 Å². The van der Waals surface area contributed by atoms with Crippen LogP contribution in [0, 0.1) is 0 Å². The topological polar surface area (TPSA) is 58.4 Å². The van der Waals surface area contributed by atoms with Gasteiger partial charge in [0.1, 0.15) is 0 Å². The van der Waals surface area contributed by atoms with E-state index in [-0.39, 0.29) is 43.2 Å². The summed E-state index contributed by atoms with van der Waals surface area (Å²) in [5.41, 5.74) is 9.23. The molecule has 1 fully saturated rings. The predicted molar refractivity (Wildman–Crippen MR) is 126 cm³/mol. The first-order valence-corrected chi connectivity index (χ1v) is 10.0. The van der Waals surface area contributed by atoms with Gasteiger partial charge < -0.3 is 11.1 Å². The first-order valence-electron chi connectivity index (χ1n) is 10.0. The van der Waals surface area contributed by atoms with Crippen LogP contribution in [-0.2, 0) is 11.3 Å². The van der Waals surface area contributed by atoms with Gasteiger partial charge in [0, 0.05) is 30.7 Å². The molecule has 0 aromatic heterocycles. The average molecular weight is 438 g/mol. The van der Waals surface area contributed by atoms with Gasteiger partial charge >= 0.3 is 0 Å². The van der Waals surface area contributed by atoms with Crippen LogP contribution in [0.1, 0.15) is 55.7 Å². The van der Waals surface area contributed by atoms with Crippen molar-refractivity contribution in [3.8, 4) is 0 Å². The van der Waals surface area contributed by atoms with E-state index in [1.54, 1.807) is 0 Å². The van der Waals surface area contributed by atoms with Crippen LogP contribution >= 0.6 is 24.8 Å². The van der Waals surface area contributed by atoms with Crippen molar-refractivity contribution in [3.05, 3.63) is 65.7 Å². The first kappa shape index (κ1) is 25.4. The first-order chi connectivity index (χ1) is 13.1. The second-order valence-electron chi connectivity index (χ2n) is 7.63. The van der Waals surface area contributed by atoms with Crippen LogP contribution in [0.3, 0.4) is 0 Å². The summed E-state index contributed by atoms with van der Waals surface area (Å²) in [6.45, 7) is 0.853. The molecule has 0 spiro atoms. The number of amides is 1. The van der Waals surface area contributed by atoms with E-state index in [0.717, 1.165) is 23.4 Å². The summed E-state index contributed by atoms with van der Waals surface area (Å²) in [7, 11) is 2.19. The van der Waals surface area contributed by atoms with Crippen LogP contribution in [-0.4, -0.2) is 23.9 Å². The van der Waals surface area contributed by atoms with E-state index in [9.17, 15) is 4.79 Å². The van der Waals surface area contributed by atoms with Gasteiger partial charge in [-0.15, -0.1) is 24.8 Å². The normalized spacial score (nSPS) is 15.1. The van der Waals surface area contributed by atoms with Crippen molar-refractivity contribution in [2.75, 3.05) is 12.4 Å². The Kier molecular flexibility index (Phi) is 11.3. The fourth-order valence-electron chi connectivity index (χ4n) is 3.92. The third-order valence-electron chi connectivity index (χ3n) is 5.54. The highest BCUT2D eigenvalue weighted by Gasteiger charge is 2.19. The smallest absolute Gasteiger partial charge is 0.226 e. The molecule has 0 aliphatic heterocycles. The molecule has 1 unspecified atom stereocenters. The van der Waals surface area contributed by atoms with Crippen LogP contribution in [0.5, 0.6) is 0 Å². The molecule has 0 radical (unpaired) electrons. The summed E-state index contributed by atoms with van der Waals surface area (Å²) in [6.07, 6.45) is 6.83. The molecule has 0 bridgehead atoms. The lowest BCUT2D eigenvalue weighted by atomic mass is 9.94. The maximum Gasteiger partial charge on any atom is 0.226 e. The van der Waals surface area contributed by atoms with Crippen LogP contribution in [0.4, 0.5) is 5.69 Å². The largest absolute Gasteiger partial charge is 0.326 e. The molecule has 6 heteroatoms. The van der Waals surface area contributed by atoms with Crippen LogP contribution in [0.25, 0.3) is 0 Å². The minimum atomic E-state index is -0.289. The molecule has 2 aromatic carbocycles. The molecule has 0 heterocycles. The van der Waals surface area contributed by atoms with E-state index in [4.69, 9.17) is 5.73 Å². The molecule has 3 N–H and O–H groups in total. The van der Waals surface area contributed by atoms with Crippen molar-refractivity contribution >= 4 is 36.4 Å². The zero-order chi connectivity index (χ0) is 19.1. The number of carbonyl (C=O) groups is 1. The second kappa shape index (κ2) is 12.9. The number of hydrogen-bond donors (Lipinski definition) is 2. The van der Waals surface area contributed by atoms with Crippen molar-refractivity contribution < 1.29 is 4.79 Å². The molecule has 160 valence electrons. The number of nitrogens with two attached hydrogens (primary N) is 1. The molecule has 0 saturated heterocycles. The Balaban J connectivity index is 0.00000210. The van der Waals surface area contributed by atoms with Gasteiger partial charge in [0.2, 0.25) is 5.91 Å². The lowest BCUT2D eigenvalue weighted by molar-refractivity contribution is -0.116. The third-order valence-corrected chi connectivity index (χ3v) is 5.54. The van der Waals surface area contributed by atoms with Crippen molar-refractivity contribution in [1.82, 2.24) is 4.90 Å². The molecule has 29 heavy (non-hydrogen) atoms. The Labute approximate surface area is 187 Å². The summed E-state index contributed by atoms with van der Waals surface area (Å²) in [5.74, 6) is -0.0425. The fourth-order valence-corrected chi connectivity index (χ4v) is 3.92. The van der Waals surface area contributed by atoms with Crippen molar-refractivity contribution in [1.29, 1.82) is 0 Å². The minimum Gasteiger partial charge on any atom is -0.326 e. The Hall–Kier alpha value is -1.59. The maximum absolute atomic E-state index is 12.5. The van der Waals surface area contributed by atoms with Gasteiger partial charge in [0.05, 0.1) is 0 Å². The van der Waals surface area contributed by atoms with Gasteiger partial charge in [-0.2, -0.15) is 0 Å². The van der Waals surface area contributed by atoms with Crippen LogP contribution < -0.4 is 11.1 Å². The van der Waals surface area contributed by atoms with Crippen LogP contribution in [0.2, 0.25) is 0 Å². The standard InChI is InChI=1S/C23H31N3O.2ClH/c1-26(20-13-6-3-7-14-20)17-19-12-8-9-15-22(19)25-23(27)16-21(24)18-10-4-2-5-11-18;;/h2,4-5,8-12,15,20-21H,3,6-7,13-14,16-17,24H2,1H3,(H,25,27);2*1H. The summed E-state index contributed by atoms with van der Waals surface area (Å²) >= 11 is 0. The highest BCUT2D eigenvalue weighted by atomic mass is 35.5. The molecule has 1 amide bonds. The Morgan fingerprint density at radius 2 is 1.66 bits per heavy atom. The van der Waals surface area contributed by atoms with Gasteiger partial charge in [-0.3, -0.25) is 9.69 Å². The number of hydrogen-bond acceptors (Lipinski definition) is 3. The summed E-state index contributed by atoms with van der Waals surface area (Å²) < 4.78 is 0. The molecule has 4 nitrogen and oxygen atoms in total. The number of benzene rings is 2. The molecule has 3 rings (SSSR count). The fraction of sp³-hybridized carbons (Fsp3) is 0.435. The van der Waals surface area contributed by atoms with E-state index >= 15 is 0 Å². The number of anilines is 1. The molecule has 1 saturated carbocycles. The zero-order valence-corrected chi connectivity index (χ0v) is 18.7. The number of carbonyl (C=O) groups excluding carboxylic acids is 1. The SMILES string of the molecule is CN(Cc1ccccc1NC(=O)CC(N)c1ccccc1)C1CCCCC1.Cl.Cl. The summed E-state index contributed by atoms with van der Waals surface area (Å²) in [6, 6.07) is 18.2. The molecule has 1 aliphatic rings. The van der Waals surface area contributed by atoms with E-state index in [1.165, 1.54) is 32.1 Å². The Morgan fingerprint density at radius 1 is 1.03 bits per heavy atom. The molecular weight excluding hydrogens is 405 g/mol. The van der Waals surface area contributed by atoms with Gasteiger partial charge in [0.15, 0.2) is 0 Å². The van der Waals surface area contributed by atoms with E-state index < -0.39 is 0 Å². The molecule has 1 atom stereocenters. The van der Waals surface area contributed by atoms with Gasteiger partial charge in [-0.25, -0.2) is 0 Å². The summed E-state index contributed by atoms with van der Waals surface area (Å²) in [4.78, 5) is 15.0. The highest BCUT2D eigenvalue weighted by Crippen LogP contribution is 2.25. The summed E-state index contributed by atoms with van der Waals surface area (Å²) in [5, 5.41) is 3.07. The lowest BCUT2D eigenvalue weighted by Gasteiger charge is -2.31. The van der Waals surface area contributed by atoms with E-state index in [0.29, 0.717) is 6.04 Å². The second-order valence-corrected chi connectivity index (χ2v) is 7.63. The van der Waals surface area contributed by atoms with Crippen molar-refractivity contribution in [3.63, 3.8) is 0 Å². The zero-order valence-electron chi connectivity index (χ0n) is 17.0. The number of para-hydroxylation sites is 1. The molecular formula is C23H33Cl2N3O. The van der Waals surface area contributed by atoms with Crippen molar-refractivity contribution in [2.24, 2.45) is 5.73 Å². The Bertz CT molecular complexity index is 736. The molecule has 2 aromatic rings. The quantitative estimate of drug-likeness (QED) is 0.615. The number of rotatable bonds is 7. The highest BCUT2D eigenvalue weighted by molar-refractivity contribution is 5.92. The van der Waals surface area contributed by atoms with Crippen molar-refractivity contribution in [2.45, 2.75) is 57.2 Å². The minimum absolute atomic E-state index is 0. The number of halogens is 2. The van der Waals surface area contributed by atoms with Gasteiger partial charge in [-0.1, -0.05) is 67.8 Å². The van der Waals surface area contributed by atoms with E-state index in [2.05, 4.69) is 23.3 Å². The van der Waals surface area contributed by atoms with Gasteiger partial charge in [0.25, 0.3) is 0 Å².